The number of imidazole rings is 1. The molecule has 166 valence electrons. The van der Waals surface area contributed by atoms with Crippen molar-refractivity contribution in [1.82, 2.24) is 18.8 Å². The first-order valence-electron chi connectivity index (χ1n) is 10.9. The Morgan fingerprint density at radius 1 is 1.16 bits per heavy atom. The first-order valence-corrected chi connectivity index (χ1v) is 12.4. The first-order chi connectivity index (χ1) is 14.9. The summed E-state index contributed by atoms with van der Waals surface area (Å²) in [5.74, 6) is -0.252. The number of nitrogens with zero attached hydrogens (tertiary/aromatic N) is 4. The largest absolute Gasteiger partial charge is 0.338 e. The smallest absolute Gasteiger partial charge is 0.262 e. The van der Waals surface area contributed by atoms with Gasteiger partial charge in [0.25, 0.3) is 10.0 Å². The summed E-state index contributed by atoms with van der Waals surface area (Å²) >= 11 is 0. The Labute approximate surface area is 184 Å². The van der Waals surface area contributed by atoms with Crippen LogP contribution in [-0.2, 0) is 14.8 Å². The number of sulfonamides is 1. The lowest BCUT2D eigenvalue weighted by molar-refractivity contribution is -0.136. The standard InChI is InChI=1S/C23H30N4O3S/c1-18(2)26-16-22(24-17-26)31(29,30)27-12-6-9-21(15-27)23(28)25-13-10-20(11-14-25)19-7-4-3-5-8-19/h3-5,7-8,10,16-18,21H,6,9,11-15H2,1-2H3. The molecule has 2 aliphatic rings. The molecule has 1 atom stereocenters. The Kier molecular flexibility index (Phi) is 6.29. The van der Waals surface area contributed by atoms with E-state index in [9.17, 15) is 13.2 Å². The van der Waals surface area contributed by atoms with Gasteiger partial charge in [0.2, 0.25) is 5.91 Å². The molecule has 8 heteroatoms. The molecule has 2 aromatic rings. The van der Waals surface area contributed by atoms with Crippen LogP contribution in [0, 0.1) is 5.92 Å². The number of hydrogen-bond donors (Lipinski definition) is 0. The second kappa shape index (κ2) is 8.96. The number of piperidine rings is 1. The molecule has 3 heterocycles. The summed E-state index contributed by atoms with van der Waals surface area (Å²) in [6.45, 7) is 5.85. The lowest BCUT2D eigenvalue weighted by Crippen LogP contribution is -2.47. The Morgan fingerprint density at radius 3 is 2.58 bits per heavy atom. The molecule has 1 unspecified atom stereocenters. The molecule has 1 amide bonds. The molecule has 1 saturated heterocycles. The first kappa shape index (κ1) is 21.8. The Morgan fingerprint density at radius 2 is 1.94 bits per heavy atom. The van der Waals surface area contributed by atoms with Crippen molar-refractivity contribution in [3.63, 3.8) is 0 Å². The van der Waals surface area contributed by atoms with Gasteiger partial charge in [-0.2, -0.15) is 4.31 Å². The van der Waals surface area contributed by atoms with Crippen molar-refractivity contribution in [1.29, 1.82) is 0 Å². The summed E-state index contributed by atoms with van der Waals surface area (Å²) in [6, 6.07) is 10.4. The Bertz CT molecular complexity index is 1060. The predicted octanol–water partition coefficient (Wildman–Crippen LogP) is 3.18. The van der Waals surface area contributed by atoms with Gasteiger partial charge >= 0.3 is 0 Å². The van der Waals surface area contributed by atoms with Crippen molar-refractivity contribution in [3.05, 3.63) is 54.5 Å². The van der Waals surface area contributed by atoms with Crippen LogP contribution in [0.3, 0.4) is 0 Å². The van der Waals surface area contributed by atoms with Crippen LogP contribution in [0.2, 0.25) is 0 Å². The molecule has 7 nitrogen and oxygen atoms in total. The highest BCUT2D eigenvalue weighted by molar-refractivity contribution is 7.89. The van der Waals surface area contributed by atoms with E-state index < -0.39 is 10.0 Å². The van der Waals surface area contributed by atoms with E-state index in [1.54, 1.807) is 17.1 Å². The third kappa shape index (κ3) is 4.60. The van der Waals surface area contributed by atoms with Crippen molar-refractivity contribution < 1.29 is 13.2 Å². The zero-order valence-corrected chi connectivity index (χ0v) is 19.0. The van der Waals surface area contributed by atoms with Gasteiger partial charge in [0, 0.05) is 38.4 Å². The second-order valence-electron chi connectivity index (χ2n) is 8.58. The van der Waals surface area contributed by atoms with E-state index in [0.717, 1.165) is 12.8 Å². The second-order valence-corrected chi connectivity index (χ2v) is 10.5. The maximum Gasteiger partial charge on any atom is 0.262 e. The van der Waals surface area contributed by atoms with Crippen molar-refractivity contribution >= 4 is 21.5 Å². The minimum absolute atomic E-state index is 0.0518. The third-order valence-corrected chi connectivity index (χ3v) is 7.93. The zero-order chi connectivity index (χ0) is 22.0. The highest BCUT2D eigenvalue weighted by atomic mass is 32.2. The fraction of sp³-hybridized carbons (Fsp3) is 0.478. The molecule has 31 heavy (non-hydrogen) atoms. The molecule has 1 fully saturated rings. The normalized spacial score (nSPS) is 20.7. The average molecular weight is 443 g/mol. The summed E-state index contributed by atoms with van der Waals surface area (Å²) in [4.78, 5) is 19.1. The quantitative estimate of drug-likeness (QED) is 0.713. The van der Waals surface area contributed by atoms with Crippen LogP contribution < -0.4 is 0 Å². The number of carbonyl (C=O) groups is 1. The van der Waals surface area contributed by atoms with Crippen LogP contribution in [0.5, 0.6) is 0 Å². The van der Waals surface area contributed by atoms with E-state index >= 15 is 0 Å². The van der Waals surface area contributed by atoms with Crippen LogP contribution in [-0.4, -0.2) is 59.3 Å². The number of aromatic nitrogens is 2. The molecule has 2 aliphatic heterocycles. The van der Waals surface area contributed by atoms with E-state index in [4.69, 9.17) is 0 Å². The molecular formula is C23H30N4O3S. The summed E-state index contributed by atoms with van der Waals surface area (Å²) in [6.07, 6.45) is 7.46. The van der Waals surface area contributed by atoms with E-state index in [1.807, 2.05) is 36.9 Å². The van der Waals surface area contributed by atoms with E-state index in [2.05, 4.69) is 23.2 Å². The van der Waals surface area contributed by atoms with Gasteiger partial charge in [-0.1, -0.05) is 36.4 Å². The van der Waals surface area contributed by atoms with Crippen molar-refractivity contribution in [2.45, 2.75) is 44.2 Å². The molecule has 0 bridgehead atoms. The Hall–Kier alpha value is -2.45. The minimum atomic E-state index is -3.70. The SMILES string of the molecule is CC(C)n1cnc(S(=O)(=O)N2CCCC(C(=O)N3CC=C(c4ccccc4)CC3)C2)c1. The molecule has 0 aliphatic carbocycles. The highest BCUT2D eigenvalue weighted by Gasteiger charge is 2.36. The van der Waals surface area contributed by atoms with Crippen LogP contribution in [0.25, 0.3) is 5.57 Å². The van der Waals surface area contributed by atoms with Crippen molar-refractivity contribution in [2.24, 2.45) is 5.92 Å². The summed E-state index contributed by atoms with van der Waals surface area (Å²) in [5, 5.41) is 0.0581. The van der Waals surface area contributed by atoms with Gasteiger partial charge in [-0.3, -0.25) is 4.79 Å². The number of carbonyl (C=O) groups excluding carboxylic acids is 1. The number of benzene rings is 1. The van der Waals surface area contributed by atoms with Crippen molar-refractivity contribution in [2.75, 3.05) is 26.2 Å². The van der Waals surface area contributed by atoms with Gasteiger partial charge in [0.15, 0.2) is 5.03 Å². The summed E-state index contributed by atoms with van der Waals surface area (Å²) in [5.41, 5.74) is 2.46. The minimum Gasteiger partial charge on any atom is -0.338 e. The fourth-order valence-corrected chi connectivity index (χ4v) is 5.72. The lowest BCUT2D eigenvalue weighted by atomic mass is 9.95. The summed E-state index contributed by atoms with van der Waals surface area (Å²) < 4.78 is 29.4. The van der Waals surface area contributed by atoms with E-state index in [-0.39, 0.29) is 29.4 Å². The molecule has 0 saturated carbocycles. The molecule has 0 N–H and O–H groups in total. The Balaban J connectivity index is 1.42. The lowest BCUT2D eigenvalue weighted by Gasteiger charge is -2.35. The maximum atomic E-state index is 13.2. The van der Waals surface area contributed by atoms with Gasteiger partial charge in [0.1, 0.15) is 0 Å². The van der Waals surface area contributed by atoms with Crippen LogP contribution in [0.1, 0.15) is 44.7 Å². The van der Waals surface area contributed by atoms with E-state index in [1.165, 1.54) is 15.4 Å². The van der Waals surface area contributed by atoms with Crippen LogP contribution >= 0.6 is 0 Å². The van der Waals surface area contributed by atoms with Gasteiger partial charge in [-0.15, -0.1) is 0 Å². The molecular weight excluding hydrogens is 412 g/mol. The van der Waals surface area contributed by atoms with E-state index in [0.29, 0.717) is 26.1 Å². The maximum absolute atomic E-state index is 13.2. The fourth-order valence-electron chi connectivity index (χ4n) is 4.27. The number of amides is 1. The molecule has 0 radical (unpaired) electrons. The zero-order valence-electron chi connectivity index (χ0n) is 18.1. The molecule has 1 aromatic carbocycles. The van der Waals surface area contributed by atoms with Gasteiger partial charge in [-0.25, -0.2) is 13.4 Å². The van der Waals surface area contributed by atoms with Crippen LogP contribution in [0.4, 0.5) is 0 Å². The van der Waals surface area contributed by atoms with Crippen LogP contribution in [0.15, 0.2) is 54.0 Å². The monoisotopic (exact) mass is 442 g/mol. The van der Waals surface area contributed by atoms with Gasteiger partial charge in [0.05, 0.1) is 12.2 Å². The molecule has 0 spiro atoms. The highest BCUT2D eigenvalue weighted by Crippen LogP contribution is 2.27. The molecule has 4 rings (SSSR count). The summed E-state index contributed by atoms with van der Waals surface area (Å²) in [7, 11) is -3.70. The van der Waals surface area contributed by atoms with Gasteiger partial charge in [-0.05, 0) is 44.2 Å². The van der Waals surface area contributed by atoms with Gasteiger partial charge < -0.3 is 9.47 Å². The van der Waals surface area contributed by atoms with Crippen molar-refractivity contribution in [3.8, 4) is 0 Å². The number of hydrogen-bond acceptors (Lipinski definition) is 4. The topological polar surface area (TPSA) is 75.5 Å². The molecule has 1 aromatic heterocycles. The average Bonchev–Trinajstić information content (AvgIpc) is 3.31. The third-order valence-electron chi connectivity index (χ3n) is 6.18. The predicted molar refractivity (Wildman–Crippen MR) is 120 cm³/mol. The number of rotatable bonds is 5.